The Morgan fingerprint density at radius 3 is 2.37 bits per heavy atom. The SMILES string of the molecule is CNCCCC(=O)Nc1cc(F)c(OC)c(F)c1.Cl. The first-order valence-corrected chi connectivity index (χ1v) is 5.56. The zero-order chi connectivity index (χ0) is 13.5. The maximum absolute atomic E-state index is 13.3. The third-order valence-corrected chi connectivity index (χ3v) is 2.32. The number of benzene rings is 1. The first-order valence-electron chi connectivity index (χ1n) is 5.56. The summed E-state index contributed by atoms with van der Waals surface area (Å²) in [4.78, 5) is 11.4. The number of amides is 1. The molecule has 7 heteroatoms. The second kappa shape index (κ2) is 8.66. The van der Waals surface area contributed by atoms with Gasteiger partial charge in [0, 0.05) is 24.2 Å². The van der Waals surface area contributed by atoms with Crippen LogP contribution in [0.5, 0.6) is 5.75 Å². The van der Waals surface area contributed by atoms with E-state index in [1.807, 2.05) is 0 Å². The molecule has 0 spiro atoms. The highest BCUT2D eigenvalue weighted by molar-refractivity contribution is 5.90. The van der Waals surface area contributed by atoms with Crippen LogP contribution in [-0.4, -0.2) is 26.6 Å². The van der Waals surface area contributed by atoms with E-state index in [0.29, 0.717) is 13.0 Å². The van der Waals surface area contributed by atoms with Crippen LogP contribution in [0.4, 0.5) is 14.5 Å². The molecule has 1 aromatic carbocycles. The van der Waals surface area contributed by atoms with Crippen molar-refractivity contribution in [3.63, 3.8) is 0 Å². The molecule has 0 atom stereocenters. The van der Waals surface area contributed by atoms with Crippen molar-refractivity contribution in [1.82, 2.24) is 5.32 Å². The van der Waals surface area contributed by atoms with Gasteiger partial charge in [0.05, 0.1) is 7.11 Å². The molecule has 0 saturated heterocycles. The van der Waals surface area contributed by atoms with Gasteiger partial charge in [-0.3, -0.25) is 4.79 Å². The van der Waals surface area contributed by atoms with Crippen molar-refractivity contribution in [2.75, 3.05) is 26.0 Å². The molecule has 1 rings (SSSR count). The number of methoxy groups -OCH3 is 1. The van der Waals surface area contributed by atoms with E-state index >= 15 is 0 Å². The molecule has 0 unspecified atom stereocenters. The molecule has 2 N–H and O–H groups in total. The van der Waals surface area contributed by atoms with Crippen LogP contribution in [0, 0.1) is 11.6 Å². The molecule has 0 aliphatic rings. The number of halogens is 3. The summed E-state index contributed by atoms with van der Waals surface area (Å²) in [5.41, 5.74) is 0.0836. The predicted octanol–water partition coefficient (Wildman–Crippen LogP) is 2.33. The van der Waals surface area contributed by atoms with Gasteiger partial charge in [-0.05, 0) is 20.0 Å². The standard InChI is InChI=1S/C12H16F2N2O2.ClH/c1-15-5-3-4-11(17)16-8-6-9(13)12(18-2)10(14)7-8;/h6-7,15H,3-5H2,1-2H3,(H,16,17);1H. The molecule has 0 aliphatic carbocycles. The Balaban J connectivity index is 0.00000324. The Bertz CT molecular complexity index is 407. The molecule has 0 heterocycles. The Morgan fingerprint density at radius 2 is 1.89 bits per heavy atom. The third kappa shape index (κ3) is 5.40. The van der Waals surface area contributed by atoms with Crippen LogP contribution in [0.3, 0.4) is 0 Å². The Kier molecular flexibility index (Phi) is 8.02. The van der Waals surface area contributed by atoms with Gasteiger partial charge in [0.2, 0.25) is 5.91 Å². The number of rotatable bonds is 6. The van der Waals surface area contributed by atoms with Crippen LogP contribution in [-0.2, 0) is 4.79 Å². The van der Waals surface area contributed by atoms with E-state index in [4.69, 9.17) is 0 Å². The molecule has 0 radical (unpaired) electrons. The first-order chi connectivity index (χ1) is 8.58. The summed E-state index contributed by atoms with van der Waals surface area (Å²) in [7, 11) is 2.96. The zero-order valence-corrected chi connectivity index (χ0v) is 11.6. The highest BCUT2D eigenvalue weighted by Gasteiger charge is 2.12. The van der Waals surface area contributed by atoms with Crippen LogP contribution in [0.2, 0.25) is 0 Å². The maximum Gasteiger partial charge on any atom is 0.224 e. The van der Waals surface area contributed by atoms with Crippen molar-refractivity contribution in [3.8, 4) is 5.75 Å². The van der Waals surface area contributed by atoms with Crippen molar-refractivity contribution < 1.29 is 18.3 Å². The first kappa shape index (κ1) is 17.6. The molecule has 0 saturated carbocycles. The molecule has 1 amide bonds. The lowest BCUT2D eigenvalue weighted by Gasteiger charge is -2.08. The van der Waals surface area contributed by atoms with Gasteiger partial charge in [0.1, 0.15) is 0 Å². The number of nitrogens with one attached hydrogen (secondary N) is 2. The fraction of sp³-hybridized carbons (Fsp3) is 0.417. The molecule has 0 aliphatic heterocycles. The van der Waals surface area contributed by atoms with Gasteiger partial charge in [-0.25, -0.2) is 8.78 Å². The second-order valence-electron chi connectivity index (χ2n) is 3.73. The number of hydrogen-bond acceptors (Lipinski definition) is 3. The lowest BCUT2D eigenvalue weighted by atomic mass is 10.2. The Hall–Kier alpha value is -1.40. The van der Waals surface area contributed by atoms with E-state index in [2.05, 4.69) is 15.4 Å². The van der Waals surface area contributed by atoms with Gasteiger partial charge >= 0.3 is 0 Å². The number of carbonyl (C=O) groups is 1. The van der Waals surface area contributed by atoms with Crippen LogP contribution in [0.1, 0.15) is 12.8 Å². The molecule has 4 nitrogen and oxygen atoms in total. The van der Waals surface area contributed by atoms with E-state index in [1.165, 1.54) is 7.11 Å². The molecular weight excluding hydrogens is 278 g/mol. The van der Waals surface area contributed by atoms with Crippen molar-refractivity contribution in [2.24, 2.45) is 0 Å². The zero-order valence-electron chi connectivity index (χ0n) is 10.8. The smallest absolute Gasteiger partial charge is 0.224 e. The normalized spacial score (nSPS) is 9.68. The van der Waals surface area contributed by atoms with Crippen LogP contribution in [0.25, 0.3) is 0 Å². The number of carbonyl (C=O) groups excluding carboxylic acids is 1. The number of anilines is 1. The van der Waals surface area contributed by atoms with Gasteiger partial charge in [-0.2, -0.15) is 0 Å². The van der Waals surface area contributed by atoms with Crippen LogP contribution >= 0.6 is 12.4 Å². The summed E-state index contributed by atoms with van der Waals surface area (Å²) in [5, 5.41) is 5.34. The summed E-state index contributed by atoms with van der Waals surface area (Å²) in [6.07, 6.45) is 0.944. The lowest BCUT2D eigenvalue weighted by Crippen LogP contribution is -2.15. The highest BCUT2D eigenvalue weighted by Crippen LogP contribution is 2.25. The van der Waals surface area contributed by atoms with Crippen molar-refractivity contribution >= 4 is 24.0 Å². The van der Waals surface area contributed by atoms with Crippen LogP contribution in [0.15, 0.2) is 12.1 Å². The second-order valence-corrected chi connectivity index (χ2v) is 3.73. The largest absolute Gasteiger partial charge is 0.491 e. The average molecular weight is 295 g/mol. The van der Waals surface area contributed by atoms with Gasteiger partial charge in [0.25, 0.3) is 0 Å². The van der Waals surface area contributed by atoms with E-state index in [-0.39, 0.29) is 30.4 Å². The van der Waals surface area contributed by atoms with Gasteiger partial charge in [-0.1, -0.05) is 0 Å². The van der Waals surface area contributed by atoms with Crippen LogP contribution < -0.4 is 15.4 Å². The van der Waals surface area contributed by atoms with Gasteiger partial charge < -0.3 is 15.4 Å². The minimum atomic E-state index is -0.844. The third-order valence-electron chi connectivity index (χ3n) is 2.32. The number of hydrogen-bond donors (Lipinski definition) is 2. The van der Waals surface area contributed by atoms with E-state index < -0.39 is 17.4 Å². The Morgan fingerprint density at radius 1 is 1.32 bits per heavy atom. The number of ether oxygens (including phenoxy) is 1. The lowest BCUT2D eigenvalue weighted by molar-refractivity contribution is -0.116. The van der Waals surface area contributed by atoms with Crippen molar-refractivity contribution in [1.29, 1.82) is 0 Å². The van der Waals surface area contributed by atoms with E-state index in [0.717, 1.165) is 12.1 Å². The monoisotopic (exact) mass is 294 g/mol. The topological polar surface area (TPSA) is 50.4 Å². The van der Waals surface area contributed by atoms with E-state index in [1.54, 1.807) is 7.05 Å². The highest BCUT2D eigenvalue weighted by atomic mass is 35.5. The average Bonchev–Trinajstić information content (AvgIpc) is 2.29. The molecule has 0 fully saturated rings. The van der Waals surface area contributed by atoms with Gasteiger partial charge in [0.15, 0.2) is 17.4 Å². The van der Waals surface area contributed by atoms with E-state index in [9.17, 15) is 13.6 Å². The molecule has 19 heavy (non-hydrogen) atoms. The molecule has 0 bridgehead atoms. The molecule has 0 aromatic heterocycles. The summed E-state index contributed by atoms with van der Waals surface area (Å²) < 4.78 is 31.2. The summed E-state index contributed by atoms with van der Waals surface area (Å²) >= 11 is 0. The summed E-state index contributed by atoms with van der Waals surface area (Å²) in [6.45, 7) is 0.707. The van der Waals surface area contributed by atoms with Crippen molar-refractivity contribution in [3.05, 3.63) is 23.8 Å². The molecule has 1 aromatic rings. The fourth-order valence-corrected chi connectivity index (χ4v) is 1.48. The molecular formula is C12H17ClF2N2O2. The maximum atomic E-state index is 13.3. The minimum absolute atomic E-state index is 0. The molecule has 108 valence electrons. The minimum Gasteiger partial charge on any atom is -0.491 e. The van der Waals surface area contributed by atoms with Gasteiger partial charge in [-0.15, -0.1) is 12.4 Å². The summed E-state index contributed by atoms with van der Waals surface area (Å²) in [6, 6.07) is 2.05. The predicted molar refractivity (Wildman–Crippen MR) is 71.9 cm³/mol. The fourth-order valence-electron chi connectivity index (χ4n) is 1.48. The Labute approximate surface area is 116 Å². The quantitative estimate of drug-likeness (QED) is 0.792. The summed E-state index contributed by atoms with van der Waals surface area (Å²) in [5.74, 6) is -2.43. The van der Waals surface area contributed by atoms with Crippen molar-refractivity contribution in [2.45, 2.75) is 12.8 Å².